The summed E-state index contributed by atoms with van der Waals surface area (Å²) >= 11 is 6.09. The minimum atomic E-state index is -0.312. The zero-order valence-corrected chi connectivity index (χ0v) is 11.2. The fraction of sp³-hybridized carbons (Fsp3) is 0.250. The molecule has 3 rings (SSSR count). The van der Waals surface area contributed by atoms with Crippen molar-refractivity contribution in [3.63, 3.8) is 0 Å². The van der Waals surface area contributed by atoms with Crippen molar-refractivity contribution >= 4 is 11.6 Å². The maximum atomic E-state index is 9.76. The Morgan fingerprint density at radius 2 is 2.05 bits per heavy atom. The van der Waals surface area contributed by atoms with Crippen LogP contribution in [-0.4, -0.2) is 5.11 Å². The molecule has 1 aliphatic carbocycles. The second kappa shape index (κ2) is 5.24. The van der Waals surface area contributed by atoms with Crippen molar-refractivity contribution in [1.29, 1.82) is 0 Å². The molecule has 2 aromatic rings. The third-order valence-electron chi connectivity index (χ3n) is 3.51. The van der Waals surface area contributed by atoms with Crippen LogP contribution in [0.2, 0.25) is 5.02 Å². The monoisotopic (exact) mass is 274 g/mol. The van der Waals surface area contributed by atoms with Gasteiger partial charge in [0.05, 0.1) is 6.10 Å². The first kappa shape index (κ1) is 12.5. The molecule has 0 saturated carbocycles. The molecular formula is C16H15ClO2. The molecule has 1 aliphatic rings. The largest absolute Gasteiger partial charge is 0.489 e. The highest BCUT2D eigenvalue weighted by Crippen LogP contribution is 2.33. The van der Waals surface area contributed by atoms with Crippen molar-refractivity contribution in [3.8, 4) is 5.75 Å². The van der Waals surface area contributed by atoms with Crippen LogP contribution in [0.5, 0.6) is 5.75 Å². The summed E-state index contributed by atoms with van der Waals surface area (Å²) in [6.07, 6.45) is 1.41. The average molecular weight is 275 g/mol. The molecule has 98 valence electrons. The molecule has 0 aliphatic heterocycles. The fourth-order valence-corrected chi connectivity index (χ4v) is 2.63. The van der Waals surface area contributed by atoms with E-state index in [4.69, 9.17) is 16.3 Å². The third kappa shape index (κ3) is 2.60. The molecule has 0 bridgehead atoms. The first-order valence-electron chi connectivity index (χ1n) is 6.41. The Kier molecular flexibility index (Phi) is 3.45. The van der Waals surface area contributed by atoms with Crippen LogP contribution in [0.3, 0.4) is 0 Å². The van der Waals surface area contributed by atoms with E-state index < -0.39 is 0 Å². The fourth-order valence-electron chi connectivity index (χ4n) is 2.44. The van der Waals surface area contributed by atoms with Gasteiger partial charge in [-0.25, -0.2) is 0 Å². The van der Waals surface area contributed by atoms with Crippen LogP contribution < -0.4 is 4.74 Å². The number of aliphatic hydroxyl groups is 1. The number of fused-ring (bicyclic) bond motifs is 1. The molecule has 0 spiro atoms. The van der Waals surface area contributed by atoms with E-state index in [1.54, 1.807) is 0 Å². The van der Waals surface area contributed by atoms with Crippen molar-refractivity contribution in [2.45, 2.75) is 25.6 Å². The summed E-state index contributed by atoms with van der Waals surface area (Å²) in [4.78, 5) is 0. The zero-order valence-electron chi connectivity index (χ0n) is 10.5. The Balaban J connectivity index is 1.73. The van der Waals surface area contributed by atoms with Crippen LogP contribution in [0.4, 0.5) is 0 Å². The number of aliphatic hydroxyl groups excluding tert-OH is 1. The summed E-state index contributed by atoms with van der Waals surface area (Å²) in [7, 11) is 0. The van der Waals surface area contributed by atoms with Crippen molar-refractivity contribution in [2.75, 3.05) is 0 Å². The molecule has 0 heterocycles. The predicted octanol–water partition coefficient (Wildman–Crippen LogP) is 3.90. The number of benzene rings is 2. The van der Waals surface area contributed by atoms with Gasteiger partial charge in [-0.1, -0.05) is 35.9 Å². The summed E-state index contributed by atoms with van der Waals surface area (Å²) in [5.74, 6) is 0.827. The summed E-state index contributed by atoms with van der Waals surface area (Å²) < 4.78 is 5.77. The van der Waals surface area contributed by atoms with E-state index in [0.29, 0.717) is 6.61 Å². The van der Waals surface area contributed by atoms with Gasteiger partial charge in [0, 0.05) is 10.6 Å². The first-order valence-corrected chi connectivity index (χ1v) is 6.79. The summed E-state index contributed by atoms with van der Waals surface area (Å²) in [5.41, 5.74) is 3.19. The van der Waals surface area contributed by atoms with Crippen molar-refractivity contribution in [1.82, 2.24) is 0 Å². The molecule has 1 atom stereocenters. The Bertz CT molecular complexity index is 595. The van der Waals surface area contributed by atoms with Crippen LogP contribution >= 0.6 is 11.6 Å². The van der Waals surface area contributed by atoms with Gasteiger partial charge in [-0.05, 0) is 42.2 Å². The normalized spacial score (nSPS) is 17.3. The maximum Gasteiger partial charge on any atom is 0.120 e. The minimum Gasteiger partial charge on any atom is -0.489 e. The molecule has 0 radical (unpaired) electrons. The molecule has 0 saturated heterocycles. The van der Waals surface area contributed by atoms with Crippen LogP contribution in [0.15, 0.2) is 42.5 Å². The second-order valence-electron chi connectivity index (χ2n) is 4.80. The molecule has 1 N–H and O–H groups in total. The molecule has 2 aromatic carbocycles. The minimum absolute atomic E-state index is 0.312. The molecule has 19 heavy (non-hydrogen) atoms. The summed E-state index contributed by atoms with van der Waals surface area (Å²) in [6, 6.07) is 13.5. The highest BCUT2D eigenvalue weighted by Gasteiger charge is 2.20. The standard InChI is InChI=1S/C16H15ClO2/c17-15-4-2-1-3-12(15)10-19-13-6-7-14-11(9-13)5-8-16(14)18/h1-4,6-7,9,16,18H,5,8,10H2. The van der Waals surface area contributed by atoms with Crippen LogP contribution in [0.25, 0.3) is 0 Å². The first-order chi connectivity index (χ1) is 9.24. The lowest BCUT2D eigenvalue weighted by atomic mass is 10.1. The van der Waals surface area contributed by atoms with Crippen molar-refractivity contribution in [2.24, 2.45) is 0 Å². The van der Waals surface area contributed by atoms with Gasteiger partial charge in [0.15, 0.2) is 0 Å². The third-order valence-corrected chi connectivity index (χ3v) is 3.88. The topological polar surface area (TPSA) is 29.5 Å². The zero-order chi connectivity index (χ0) is 13.2. The highest BCUT2D eigenvalue weighted by atomic mass is 35.5. The maximum absolute atomic E-state index is 9.76. The number of aryl methyl sites for hydroxylation is 1. The second-order valence-corrected chi connectivity index (χ2v) is 5.20. The van der Waals surface area contributed by atoms with Crippen LogP contribution in [-0.2, 0) is 13.0 Å². The molecular weight excluding hydrogens is 260 g/mol. The van der Waals surface area contributed by atoms with Gasteiger partial charge in [-0.2, -0.15) is 0 Å². The molecule has 0 fully saturated rings. The predicted molar refractivity (Wildman–Crippen MR) is 75.5 cm³/mol. The summed E-state index contributed by atoms with van der Waals surface area (Å²) in [5, 5.41) is 10.5. The molecule has 0 amide bonds. The van der Waals surface area contributed by atoms with Gasteiger partial charge in [-0.3, -0.25) is 0 Å². The lowest BCUT2D eigenvalue weighted by Crippen LogP contribution is -1.97. The van der Waals surface area contributed by atoms with Crippen molar-refractivity contribution < 1.29 is 9.84 Å². The van der Waals surface area contributed by atoms with E-state index in [2.05, 4.69) is 0 Å². The van der Waals surface area contributed by atoms with Gasteiger partial charge >= 0.3 is 0 Å². The van der Waals surface area contributed by atoms with Crippen LogP contribution in [0, 0.1) is 0 Å². The molecule has 1 unspecified atom stereocenters. The van der Waals surface area contributed by atoms with Gasteiger partial charge in [0.1, 0.15) is 12.4 Å². The van der Waals surface area contributed by atoms with E-state index in [9.17, 15) is 5.11 Å². The van der Waals surface area contributed by atoms with Gasteiger partial charge < -0.3 is 9.84 Å². The van der Waals surface area contributed by atoms with Gasteiger partial charge in [-0.15, -0.1) is 0 Å². The Hall–Kier alpha value is -1.51. The molecule has 2 nitrogen and oxygen atoms in total. The van der Waals surface area contributed by atoms with E-state index in [1.165, 1.54) is 5.56 Å². The average Bonchev–Trinajstić information content (AvgIpc) is 2.79. The van der Waals surface area contributed by atoms with E-state index in [1.807, 2.05) is 42.5 Å². The number of rotatable bonds is 3. The lowest BCUT2D eigenvalue weighted by Gasteiger charge is -2.10. The van der Waals surface area contributed by atoms with E-state index >= 15 is 0 Å². The van der Waals surface area contributed by atoms with E-state index in [-0.39, 0.29) is 6.10 Å². The van der Waals surface area contributed by atoms with Gasteiger partial charge in [0.25, 0.3) is 0 Å². The molecule has 3 heteroatoms. The quantitative estimate of drug-likeness (QED) is 0.920. The Morgan fingerprint density at radius 3 is 2.89 bits per heavy atom. The van der Waals surface area contributed by atoms with Gasteiger partial charge in [0.2, 0.25) is 0 Å². The lowest BCUT2D eigenvalue weighted by molar-refractivity contribution is 0.180. The SMILES string of the molecule is OC1CCc2cc(OCc3ccccc3Cl)ccc21. The Morgan fingerprint density at radius 1 is 1.21 bits per heavy atom. The van der Waals surface area contributed by atoms with Crippen LogP contribution in [0.1, 0.15) is 29.2 Å². The smallest absolute Gasteiger partial charge is 0.120 e. The number of hydrogen-bond donors (Lipinski definition) is 1. The Labute approximate surface area is 117 Å². The number of halogens is 1. The molecule has 0 aromatic heterocycles. The van der Waals surface area contributed by atoms with Crippen molar-refractivity contribution in [3.05, 3.63) is 64.2 Å². The summed E-state index contributed by atoms with van der Waals surface area (Å²) in [6.45, 7) is 0.459. The number of ether oxygens (including phenoxy) is 1. The van der Waals surface area contributed by atoms with E-state index in [0.717, 1.165) is 34.7 Å². The number of hydrogen-bond acceptors (Lipinski definition) is 2. The highest BCUT2D eigenvalue weighted by molar-refractivity contribution is 6.31.